The monoisotopic (exact) mass is 312 g/mol. The number of hydrogen-bond acceptors (Lipinski definition) is 2. The van der Waals surface area contributed by atoms with E-state index in [0.29, 0.717) is 22.2 Å². The lowest BCUT2D eigenvalue weighted by Crippen LogP contribution is -2.13. The van der Waals surface area contributed by atoms with Crippen molar-refractivity contribution in [1.82, 2.24) is 0 Å². The molecular weight excluding hydrogens is 298 g/mol. The van der Waals surface area contributed by atoms with Crippen LogP contribution >= 0.6 is 23.2 Å². The fraction of sp³-hybridized carbons (Fsp3) is 0.200. The second kappa shape index (κ2) is 6.33. The number of para-hydroxylation sites is 1. The van der Waals surface area contributed by atoms with Crippen LogP contribution in [0, 0.1) is 5.82 Å². The fourth-order valence-corrected chi connectivity index (χ4v) is 2.47. The molecule has 0 spiro atoms. The Morgan fingerprint density at radius 3 is 2.55 bits per heavy atom. The van der Waals surface area contributed by atoms with Crippen molar-refractivity contribution in [2.24, 2.45) is 0 Å². The lowest BCUT2D eigenvalue weighted by molar-refractivity contribution is 0.613. The smallest absolute Gasteiger partial charge is 0.129 e. The molecule has 2 aromatic carbocycles. The molecule has 1 N–H and O–H groups in total. The maximum Gasteiger partial charge on any atom is 0.129 e. The molecule has 0 amide bonds. The van der Waals surface area contributed by atoms with Gasteiger partial charge >= 0.3 is 0 Å². The first kappa shape index (κ1) is 14.9. The van der Waals surface area contributed by atoms with Crippen LogP contribution < -0.4 is 10.2 Å². The topological polar surface area (TPSA) is 15.3 Å². The maximum absolute atomic E-state index is 13.7. The first-order valence-corrected chi connectivity index (χ1v) is 6.88. The van der Waals surface area contributed by atoms with E-state index in [4.69, 9.17) is 23.2 Å². The highest BCUT2D eigenvalue weighted by atomic mass is 35.5. The van der Waals surface area contributed by atoms with Crippen LogP contribution in [0.5, 0.6) is 0 Å². The number of rotatable bonds is 4. The minimum Gasteiger partial charge on any atom is -0.379 e. The normalized spacial score (nSPS) is 10.4. The molecule has 0 atom stereocenters. The lowest BCUT2D eigenvalue weighted by Gasteiger charge is -2.20. The summed E-state index contributed by atoms with van der Waals surface area (Å²) in [6.45, 7) is 0.365. The van der Waals surface area contributed by atoms with Crippen LogP contribution in [0.4, 0.5) is 15.8 Å². The van der Waals surface area contributed by atoms with Crippen LogP contribution in [-0.4, -0.2) is 14.1 Å². The molecule has 0 fully saturated rings. The number of hydrogen-bond donors (Lipinski definition) is 1. The molecule has 106 valence electrons. The van der Waals surface area contributed by atoms with Gasteiger partial charge in [-0.2, -0.15) is 0 Å². The molecule has 5 heteroatoms. The molecule has 0 heterocycles. The molecule has 2 rings (SSSR count). The van der Waals surface area contributed by atoms with Gasteiger partial charge in [0.25, 0.3) is 0 Å². The Morgan fingerprint density at radius 2 is 1.90 bits per heavy atom. The zero-order valence-electron chi connectivity index (χ0n) is 11.3. The van der Waals surface area contributed by atoms with Crippen LogP contribution in [0.1, 0.15) is 5.56 Å². The van der Waals surface area contributed by atoms with Gasteiger partial charge < -0.3 is 10.2 Å². The summed E-state index contributed by atoms with van der Waals surface area (Å²) in [4.78, 5) is 1.92. The first-order valence-electron chi connectivity index (χ1n) is 6.12. The number of nitrogens with one attached hydrogen (secondary N) is 1. The summed E-state index contributed by atoms with van der Waals surface area (Å²) >= 11 is 11.9. The van der Waals surface area contributed by atoms with Crippen molar-refractivity contribution < 1.29 is 4.39 Å². The van der Waals surface area contributed by atoms with Crippen molar-refractivity contribution in [3.63, 3.8) is 0 Å². The van der Waals surface area contributed by atoms with Gasteiger partial charge in [0.2, 0.25) is 0 Å². The molecule has 2 aromatic rings. The summed E-state index contributed by atoms with van der Waals surface area (Å²) in [7, 11) is 3.82. The standard InChI is InChI=1S/C15H15Cl2FN2/c1-20(2)15-12(17)4-3-5-14(15)19-9-10-6-7-11(16)8-13(10)18/h3-8,19H,9H2,1-2H3. The highest BCUT2D eigenvalue weighted by Crippen LogP contribution is 2.32. The maximum atomic E-state index is 13.7. The third kappa shape index (κ3) is 3.35. The average Bonchev–Trinajstić information content (AvgIpc) is 2.37. The molecule has 0 aromatic heterocycles. The molecule has 0 unspecified atom stereocenters. The summed E-state index contributed by atoms with van der Waals surface area (Å²) in [5.74, 6) is -0.321. The Hall–Kier alpha value is -1.45. The van der Waals surface area contributed by atoms with Crippen LogP contribution in [0.2, 0.25) is 10.0 Å². The van der Waals surface area contributed by atoms with E-state index in [1.165, 1.54) is 6.07 Å². The minimum atomic E-state index is -0.321. The van der Waals surface area contributed by atoms with E-state index in [2.05, 4.69) is 5.32 Å². The van der Waals surface area contributed by atoms with Gasteiger partial charge in [-0.15, -0.1) is 0 Å². The molecule has 20 heavy (non-hydrogen) atoms. The Bertz CT molecular complexity index is 615. The zero-order valence-corrected chi connectivity index (χ0v) is 12.8. The summed E-state index contributed by atoms with van der Waals surface area (Å²) in [6, 6.07) is 10.2. The van der Waals surface area contributed by atoms with Crippen molar-refractivity contribution in [3.8, 4) is 0 Å². The Labute approximate surface area is 128 Å². The van der Waals surface area contributed by atoms with Gasteiger partial charge in [0.05, 0.1) is 16.4 Å². The van der Waals surface area contributed by atoms with E-state index in [1.807, 2.05) is 37.2 Å². The Morgan fingerprint density at radius 1 is 1.15 bits per heavy atom. The third-order valence-corrected chi connectivity index (χ3v) is 3.46. The number of benzene rings is 2. The van der Waals surface area contributed by atoms with Gasteiger partial charge in [-0.25, -0.2) is 4.39 Å². The van der Waals surface area contributed by atoms with Gasteiger partial charge in [0.15, 0.2) is 0 Å². The van der Waals surface area contributed by atoms with E-state index in [0.717, 1.165) is 11.4 Å². The first-order chi connectivity index (χ1) is 9.49. The highest BCUT2D eigenvalue weighted by Gasteiger charge is 2.09. The van der Waals surface area contributed by atoms with Crippen molar-refractivity contribution in [2.75, 3.05) is 24.3 Å². The summed E-state index contributed by atoms with van der Waals surface area (Å²) in [5.41, 5.74) is 2.29. The summed E-state index contributed by atoms with van der Waals surface area (Å²) in [6.07, 6.45) is 0. The van der Waals surface area contributed by atoms with Crippen LogP contribution in [-0.2, 0) is 6.54 Å². The van der Waals surface area contributed by atoms with Gasteiger partial charge in [0, 0.05) is 31.2 Å². The Kier molecular flexibility index (Phi) is 4.73. The molecule has 0 saturated carbocycles. The minimum absolute atomic E-state index is 0.321. The fourth-order valence-electron chi connectivity index (χ4n) is 1.97. The van der Waals surface area contributed by atoms with E-state index in [1.54, 1.807) is 12.1 Å². The van der Waals surface area contributed by atoms with Gasteiger partial charge in [0.1, 0.15) is 5.82 Å². The highest BCUT2D eigenvalue weighted by molar-refractivity contribution is 6.34. The third-order valence-electron chi connectivity index (χ3n) is 2.92. The Balaban J connectivity index is 2.21. The van der Waals surface area contributed by atoms with Crippen molar-refractivity contribution in [1.29, 1.82) is 0 Å². The second-order valence-electron chi connectivity index (χ2n) is 4.62. The molecule has 0 aliphatic carbocycles. The van der Waals surface area contributed by atoms with Gasteiger partial charge in [-0.3, -0.25) is 0 Å². The quantitative estimate of drug-likeness (QED) is 0.871. The second-order valence-corrected chi connectivity index (χ2v) is 5.46. The lowest BCUT2D eigenvalue weighted by atomic mass is 10.2. The largest absolute Gasteiger partial charge is 0.379 e. The average molecular weight is 313 g/mol. The summed E-state index contributed by atoms with van der Waals surface area (Å²) < 4.78 is 13.7. The molecule has 0 saturated heterocycles. The van der Waals surface area contributed by atoms with Crippen molar-refractivity contribution in [3.05, 3.63) is 57.8 Å². The zero-order chi connectivity index (χ0) is 14.7. The predicted molar refractivity (Wildman–Crippen MR) is 84.5 cm³/mol. The van der Waals surface area contributed by atoms with Crippen molar-refractivity contribution in [2.45, 2.75) is 6.54 Å². The molecule has 0 bridgehead atoms. The van der Waals surface area contributed by atoms with Crippen LogP contribution in [0.3, 0.4) is 0 Å². The van der Waals surface area contributed by atoms with Crippen LogP contribution in [0.25, 0.3) is 0 Å². The van der Waals surface area contributed by atoms with Gasteiger partial charge in [-0.05, 0) is 24.3 Å². The van der Waals surface area contributed by atoms with E-state index >= 15 is 0 Å². The molecule has 0 radical (unpaired) electrons. The summed E-state index contributed by atoms with van der Waals surface area (Å²) in [5, 5.41) is 4.24. The van der Waals surface area contributed by atoms with E-state index < -0.39 is 0 Å². The molecular formula is C15H15Cl2FN2. The van der Waals surface area contributed by atoms with E-state index in [-0.39, 0.29) is 5.82 Å². The van der Waals surface area contributed by atoms with Gasteiger partial charge in [-0.1, -0.05) is 35.3 Å². The van der Waals surface area contributed by atoms with E-state index in [9.17, 15) is 4.39 Å². The molecule has 0 aliphatic heterocycles. The molecule has 2 nitrogen and oxygen atoms in total. The molecule has 0 aliphatic rings. The van der Waals surface area contributed by atoms with Crippen LogP contribution in [0.15, 0.2) is 36.4 Å². The predicted octanol–water partition coefficient (Wildman–Crippen LogP) is 4.81. The van der Waals surface area contributed by atoms with Crippen molar-refractivity contribution >= 4 is 34.6 Å². The number of nitrogens with zero attached hydrogens (tertiary/aromatic N) is 1. The number of anilines is 2. The SMILES string of the molecule is CN(C)c1c(Cl)cccc1NCc1ccc(Cl)cc1F. The number of halogens is 3.